The van der Waals surface area contributed by atoms with Crippen molar-refractivity contribution in [2.75, 3.05) is 32.8 Å². The van der Waals surface area contributed by atoms with Crippen molar-refractivity contribution in [3.63, 3.8) is 0 Å². The molecule has 7 heteroatoms. The van der Waals surface area contributed by atoms with E-state index in [0.29, 0.717) is 44.0 Å². The number of fused-ring (bicyclic) bond motifs is 1. The van der Waals surface area contributed by atoms with E-state index in [1.54, 1.807) is 0 Å². The van der Waals surface area contributed by atoms with Gasteiger partial charge in [-0.2, -0.15) is 5.10 Å². The molecule has 2 aromatic rings. The van der Waals surface area contributed by atoms with Gasteiger partial charge in [0.1, 0.15) is 0 Å². The van der Waals surface area contributed by atoms with Crippen LogP contribution in [0, 0.1) is 5.92 Å². The normalized spacial score (nSPS) is 19.0. The molecule has 168 valence electrons. The molecule has 0 bridgehead atoms. The lowest BCUT2D eigenvalue weighted by atomic mass is 9.90. The maximum atomic E-state index is 13.3. The summed E-state index contributed by atoms with van der Waals surface area (Å²) in [4.78, 5) is 15.2. The molecule has 1 atom stereocenters. The molecule has 6 nitrogen and oxygen atoms in total. The van der Waals surface area contributed by atoms with Crippen LogP contribution in [0.2, 0.25) is 5.02 Å². The number of ether oxygens (including phenoxy) is 1. The molecule has 1 N–H and O–H groups in total. The van der Waals surface area contributed by atoms with Crippen molar-refractivity contribution in [1.29, 1.82) is 0 Å². The maximum Gasteiger partial charge on any atom is 0.274 e. The van der Waals surface area contributed by atoms with Crippen molar-refractivity contribution < 1.29 is 9.53 Å². The number of carbonyl (C=O) groups is 1. The fraction of sp³-hybridized carbons (Fsp3) is 0.583. The maximum absolute atomic E-state index is 13.3. The lowest BCUT2D eigenvalue weighted by molar-refractivity contribution is 0.0297. The predicted octanol–water partition coefficient (Wildman–Crippen LogP) is 3.35. The number of carbonyl (C=O) groups excluding carboxylic acids is 1. The fourth-order valence-corrected chi connectivity index (χ4v) is 4.79. The first-order valence-corrected chi connectivity index (χ1v) is 11.8. The Morgan fingerprint density at radius 3 is 2.81 bits per heavy atom. The summed E-state index contributed by atoms with van der Waals surface area (Å²) in [5.74, 6) is 0.542. The summed E-state index contributed by atoms with van der Waals surface area (Å²) in [5, 5.41) is 9.34. The van der Waals surface area contributed by atoms with Gasteiger partial charge in [-0.15, -0.1) is 0 Å². The molecule has 1 fully saturated rings. The molecule has 2 heterocycles. The van der Waals surface area contributed by atoms with Gasteiger partial charge in [0.25, 0.3) is 5.91 Å². The van der Waals surface area contributed by atoms with Gasteiger partial charge in [0.05, 0.1) is 13.2 Å². The van der Waals surface area contributed by atoms with Crippen molar-refractivity contribution in [3.8, 4) is 0 Å². The highest BCUT2D eigenvalue weighted by Gasteiger charge is 2.31. The molecule has 1 aromatic carbocycles. The fourth-order valence-electron chi connectivity index (χ4n) is 4.56. The molecule has 0 radical (unpaired) electrons. The van der Waals surface area contributed by atoms with Crippen LogP contribution in [0.3, 0.4) is 0 Å². The van der Waals surface area contributed by atoms with Crippen LogP contribution in [0.1, 0.15) is 47.6 Å². The first-order chi connectivity index (χ1) is 15.0. The average molecular weight is 445 g/mol. The van der Waals surface area contributed by atoms with Gasteiger partial charge in [0.2, 0.25) is 0 Å². The van der Waals surface area contributed by atoms with E-state index in [1.165, 1.54) is 11.3 Å². The largest absolute Gasteiger partial charge is 0.378 e. The minimum atomic E-state index is 0.0544. The Labute approximate surface area is 189 Å². The first-order valence-electron chi connectivity index (χ1n) is 11.4. The molecule has 4 rings (SSSR count). The molecule has 1 aliphatic carbocycles. The van der Waals surface area contributed by atoms with Crippen LogP contribution in [-0.2, 0) is 30.5 Å². The van der Waals surface area contributed by atoms with E-state index in [-0.39, 0.29) is 5.91 Å². The first kappa shape index (κ1) is 22.3. The lowest BCUT2D eigenvalue weighted by Gasteiger charge is -2.28. The molecule has 1 aromatic heterocycles. The van der Waals surface area contributed by atoms with Gasteiger partial charge < -0.3 is 15.0 Å². The second-order valence-electron chi connectivity index (χ2n) is 8.99. The zero-order valence-electron chi connectivity index (χ0n) is 18.6. The van der Waals surface area contributed by atoms with E-state index in [9.17, 15) is 4.79 Å². The second kappa shape index (κ2) is 10.2. The SMILES string of the molecule is CC(C)Cn1nc(C(=O)N2CCOCC2)c2c1CC[C@H](NCCc1ccccc1Cl)C2. The lowest BCUT2D eigenvalue weighted by Crippen LogP contribution is -2.42. The summed E-state index contributed by atoms with van der Waals surface area (Å²) in [6, 6.07) is 8.36. The Hall–Kier alpha value is -1.89. The number of amides is 1. The Bertz CT molecular complexity index is 905. The van der Waals surface area contributed by atoms with Crippen molar-refractivity contribution in [2.24, 2.45) is 5.92 Å². The third-order valence-electron chi connectivity index (χ3n) is 6.17. The predicted molar refractivity (Wildman–Crippen MR) is 123 cm³/mol. The molecule has 1 amide bonds. The molecule has 0 unspecified atom stereocenters. The third kappa shape index (κ3) is 5.30. The van der Waals surface area contributed by atoms with Crippen LogP contribution in [0.4, 0.5) is 0 Å². The van der Waals surface area contributed by atoms with Gasteiger partial charge in [0.15, 0.2) is 5.69 Å². The summed E-state index contributed by atoms with van der Waals surface area (Å²) >= 11 is 6.30. The van der Waals surface area contributed by atoms with Gasteiger partial charge in [-0.1, -0.05) is 43.6 Å². The van der Waals surface area contributed by atoms with Crippen molar-refractivity contribution in [1.82, 2.24) is 20.0 Å². The molecule has 31 heavy (non-hydrogen) atoms. The zero-order chi connectivity index (χ0) is 21.8. The number of benzene rings is 1. The zero-order valence-corrected chi connectivity index (χ0v) is 19.3. The average Bonchev–Trinajstić information content (AvgIpc) is 3.12. The van der Waals surface area contributed by atoms with Crippen LogP contribution in [-0.4, -0.2) is 59.5 Å². The van der Waals surface area contributed by atoms with Gasteiger partial charge in [-0.3, -0.25) is 9.48 Å². The Morgan fingerprint density at radius 1 is 1.29 bits per heavy atom. The van der Waals surface area contributed by atoms with Crippen LogP contribution < -0.4 is 5.32 Å². The van der Waals surface area contributed by atoms with Crippen molar-refractivity contribution >= 4 is 17.5 Å². The summed E-state index contributed by atoms with van der Waals surface area (Å²) in [7, 11) is 0. The summed E-state index contributed by atoms with van der Waals surface area (Å²) < 4.78 is 7.51. The highest BCUT2D eigenvalue weighted by Crippen LogP contribution is 2.27. The van der Waals surface area contributed by atoms with Crippen LogP contribution in [0.15, 0.2) is 24.3 Å². The Morgan fingerprint density at radius 2 is 2.06 bits per heavy atom. The van der Waals surface area contributed by atoms with E-state index in [4.69, 9.17) is 21.4 Å². The molecule has 1 saturated heterocycles. The van der Waals surface area contributed by atoms with Gasteiger partial charge in [0, 0.05) is 42.0 Å². The monoisotopic (exact) mass is 444 g/mol. The van der Waals surface area contributed by atoms with Crippen molar-refractivity contribution in [2.45, 2.75) is 52.1 Å². The molecule has 0 saturated carbocycles. The van der Waals surface area contributed by atoms with Crippen LogP contribution >= 0.6 is 11.6 Å². The number of hydrogen-bond donors (Lipinski definition) is 1. The highest BCUT2D eigenvalue weighted by atomic mass is 35.5. The Balaban J connectivity index is 1.47. The second-order valence-corrected chi connectivity index (χ2v) is 9.40. The van der Waals surface area contributed by atoms with Crippen LogP contribution in [0.5, 0.6) is 0 Å². The number of aromatic nitrogens is 2. The molecule has 0 spiro atoms. The standard InChI is InChI=1S/C24H33ClN4O2/c1-17(2)16-29-22-8-7-19(26-10-9-18-5-3-4-6-21(18)25)15-20(22)23(27-29)24(30)28-11-13-31-14-12-28/h3-6,17,19,26H,7-16H2,1-2H3/t19-/m0/s1. The molecular weight excluding hydrogens is 412 g/mol. The van der Waals surface area contributed by atoms with Crippen molar-refractivity contribution in [3.05, 3.63) is 51.8 Å². The number of morpholine rings is 1. The highest BCUT2D eigenvalue weighted by molar-refractivity contribution is 6.31. The van der Waals surface area contributed by atoms with Crippen LogP contribution in [0.25, 0.3) is 0 Å². The minimum Gasteiger partial charge on any atom is -0.378 e. The number of nitrogens with zero attached hydrogens (tertiary/aromatic N) is 3. The Kier molecular flexibility index (Phi) is 7.31. The van der Waals surface area contributed by atoms with E-state index >= 15 is 0 Å². The van der Waals surface area contributed by atoms with Gasteiger partial charge in [-0.05, 0) is 49.8 Å². The summed E-state index contributed by atoms with van der Waals surface area (Å²) in [5.41, 5.74) is 4.20. The smallest absolute Gasteiger partial charge is 0.274 e. The summed E-state index contributed by atoms with van der Waals surface area (Å²) in [6.45, 7) is 8.60. The number of rotatable bonds is 7. The summed E-state index contributed by atoms with van der Waals surface area (Å²) in [6.07, 6.45) is 3.76. The molecule has 2 aliphatic rings. The van der Waals surface area contributed by atoms with E-state index in [2.05, 4.69) is 29.9 Å². The number of hydrogen-bond acceptors (Lipinski definition) is 4. The van der Waals surface area contributed by atoms with E-state index < -0.39 is 0 Å². The van der Waals surface area contributed by atoms with E-state index in [0.717, 1.165) is 49.4 Å². The minimum absolute atomic E-state index is 0.0544. The molecular formula is C24H33ClN4O2. The van der Waals surface area contributed by atoms with E-state index in [1.807, 2.05) is 23.1 Å². The number of nitrogens with one attached hydrogen (secondary N) is 1. The van der Waals surface area contributed by atoms with Gasteiger partial charge >= 0.3 is 0 Å². The quantitative estimate of drug-likeness (QED) is 0.711. The molecule has 1 aliphatic heterocycles. The number of halogens is 1. The van der Waals surface area contributed by atoms with Gasteiger partial charge in [-0.25, -0.2) is 0 Å². The topological polar surface area (TPSA) is 59.4 Å². The third-order valence-corrected chi connectivity index (χ3v) is 6.54.